The molecule has 1 saturated heterocycles. The highest BCUT2D eigenvalue weighted by molar-refractivity contribution is 7.13. The number of benzene rings is 2. The van der Waals surface area contributed by atoms with Crippen LogP contribution in [0.5, 0.6) is 0 Å². The Morgan fingerprint density at radius 2 is 1.81 bits per heavy atom. The molecule has 1 unspecified atom stereocenters. The Morgan fingerprint density at radius 3 is 2.51 bits per heavy atom. The van der Waals surface area contributed by atoms with Crippen LogP contribution in [0.4, 0.5) is 15.6 Å². The number of imidazole rings is 1. The van der Waals surface area contributed by atoms with Gasteiger partial charge in [0.1, 0.15) is 11.1 Å². The summed E-state index contributed by atoms with van der Waals surface area (Å²) in [6.45, 7) is 9.06. The lowest BCUT2D eigenvalue weighted by molar-refractivity contribution is -0.118. The molecule has 0 spiro atoms. The molecule has 1 atom stereocenters. The van der Waals surface area contributed by atoms with Crippen molar-refractivity contribution in [1.82, 2.24) is 29.2 Å². The van der Waals surface area contributed by atoms with E-state index in [0.717, 1.165) is 41.9 Å². The van der Waals surface area contributed by atoms with Gasteiger partial charge in [0.15, 0.2) is 11.2 Å². The third-order valence-electron chi connectivity index (χ3n) is 8.41. The molecule has 14 heteroatoms. The summed E-state index contributed by atoms with van der Waals surface area (Å²) in [5.41, 5.74) is 4.32. The molecule has 5 heterocycles. The van der Waals surface area contributed by atoms with Gasteiger partial charge in [-0.05, 0) is 57.4 Å². The summed E-state index contributed by atoms with van der Waals surface area (Å²) in [5.74, 6) is -0.295. The maximum Gasteiger partial charge on any atom is 0.410 e. The minimum Gasteiger partial charge on any atom is -0.444 e. The fourth-order valence-corrected chi connectivity index (χ4v) is 7.24. The number of halogens is 2. The van der Waals surface area contributed by atoms with E-state index >= 15 is 0 Å². The lowest BCUT2D eigenvalue weighted by atomic mass is 10.0. The highest BCUT2D eigenvalue weighted by Gasteiger charge is 2.32. The number of piperazine rings is 1. The van der Waals surface area contributed by atoms with Crippen LogP contribution >= 0.6 is 34.5 Å². The van der Waals surface area contributed by atoms with E-state index in [1.165, 1.54) is 11.3 Å². The van der Waals surface area contributed by atoms with Crippen LogP contribution in [0.2, 0.25) is 10.0 Å². The van der Waals surface area contributed by atoms with Crippen molar-refractivity contribution >= 4 is 68.3 Å². The lowest BCUT2D eigenvalue weighted by Gasteiger charge is -2.36. The van der Waals surface area contributed by atoms with Crippen LogP contribution in [0.3, 0.4) is 0 Å². The number of carbonyl (C=O) groups is 2. The van der Waals surface area contributed by atoms with Crippen LogP contribution in [0, 0.1) is 0 Å². The Kier molecular flexibility index (Phi) is 8.35. The van der Waals surface area contributed by atoms with E-state index in [-0.39, 0.29) is 12.0 Å². The van der Waals surface area contributed by atoms with E-state index in [4.69, 9.17) is 33.0 Å². The molecule has 11 nitrogen and oxygen atoms in total. The largest absolute Gasteiger partial charge is 0.444 e. The Balaban J connectivity index is 1.15. The SMILES string of the molecule is CC(C)(C)OC(=O)N1CCN(c2ccc(-c3cc(Cl)c4cn(C(C(=O)Nc5nccs5)c5ncn6c5CCC6)nc4c3Cl)cc2)CC1. The fourth-order valence-electron chi connectivity index (χ4n) is 6.15. The second kappa shape index (κ2) is 12.5. The molecule has 3 aromatic heterocycles. The van der Waals surface area contributed by atoms with E-state index in [2.05, 4.69) is 24.8 Å². The van der Waals surface area contributed by atoms with Gasteiger partial charge in [0.2, 0.25) is 0 Å². The van der Waals surface area contributed by atoms with Crippen molar-refractivity contribution in [3.63, 3.8) is 0 Å². The molecule has 0 aliphatic carbocycles. The quantitative estimate of drug-likeness (QED) is 0.206. The van der Waals surface area contributed by atoms with Crippen molar-refractivity contribution in [3.05, 3.63) is 75.9 Å². The molecule has 2 aliphatic rings. The summed E-state index contributed by atoms with van der Waals surface area (Å²) in [6, 6.07) is 9.11. The number of carbonyl (C=O) groups excluding carboxylic acids is 2. The molecule has 2 amide bonds. The van der Waals surface area contributed by atoms with Crippen molar-refractivity contribution in [3.8, 4) is 11.1 Å². The molecule has 47 heavy (non-hydrogen) atoms. The second-order valence-electron chi connectivity index (χ2n) is 12.7. The van der Waals surface area contributed by atoms with Crippen molar-refractivity contribution < 1.29 is 14.3 Å². The molecular formula is C33H34Cl2N8O3S. The number of thiazole rings is 1. The number of aryl methyl sites for hydroxylation is 1. The first kappa shape index (κ1) is 31.5. The Bertz CT molecular complexity index is 1940. The number of amides is 2. The molecule has 0 saturated carbocycles. The molecule has 1 fully saturated rings. The molecule has 0 bridgehead atoms. The van der Waals surface area contributed by atoms with E-state index in [1.54, 1.807) is 33.7 Å². The predicted octanol–water partition coefficient (Wildman–Crippen LogP) is 6.89. The normalized spacial score (nSPS) is 15.6. The number of hydrogen-bond acceptors (Lipinski definition) is 8. The maximum absolute atomic E-state index is 13.8. The fraction of sp³-hybridized carbons (Fsp3) is 0.364. The number of ether oxygens (including phenoxy) is 1. The highest BCUT2D eigenvalue weighted by atomic mass is 35.5. The summed E-state index contributed by atoms with van der Waals surface area (Å²) in [4.78, 5) is 39.1. The van der Waals surface area contributed by atoms with Crippen LogP contribution in [0.15, 0.2) is 54.4 Å². The summed E-state index contributed by atoms with van der Waals surface area (Å²) in [5, 5.41) is 11.6. The van der Waals surface area contributed by atoms with E-state index in [1.807, 2.05) is 51.1 Å². The van der Waals surface area contributed by atoms with E-state index in [0.29, 0.717) is 58.0 Å². The maximum atomic E-state index is 13.8. The van der Waals surface area contributed by atoms with E-state index in [9.17, 15) is 9.59 Å². The van der Waals surface area contributed by atoms with Crippen molar-refractivity contribution in [1.29, 1.82) is 0 Å². The summed E-state index contributed by atoms with van der Waals surface area (Å²) in [6.07, 6.45) is 6.74. The number of rotatable bonds is 6. The van der Waals surface area contributed by atoms with Crippen LogP contribution in [-0.2, 0) is 22.5 Å². The second-order valence-corrected chi connectivity index (χ2v) is 14.4. The van der Waals surface area contributed by atoms with Gasteiger partial charge in [-0.1, -0.05) is 35.3 Å². The number of nitrogens with zero attached hydrogens (tertiary/aromatic N) is 7. The minimum absolute atomic E-state index is 0.280. The standard InChI is InChI=1S/C33H34Cl2N8O3S/c1-33(2,3)46-32(45)41-14-12-40(13-15-41)21-8-6-20(7-9-21)22-17-24(34)23-18-43(39-27(23)26(22)35)29(30(44)38-31-36-10-16-47-31)28-25-5-4-11-42(25)19-37-28/h6-10,16-19,29H,4-5,11-15H2,1-3H3,(H,36,38,44). The number of fused-ring (bicyclic) bond motifs is 2. The van der Waals surface area contributed by atoms with Gasteiger partial charge in [-0.3, -0.25) is 14.8 Å². The van der Waals surface area contributed by atoms with Crippen LogP contribution in [0.1, 0.15) is 44.6 Å². The topological polar surface area (TPSA) is 110 Å². The van der Waals surface area contributed by atoms with Gasteiger partial charge in [-0.15, -0.1) is 11.3 Å². The van der Waals surface area contributed by atoms with Gasteiger partial charge in [-0.25, -0.2) is 14.8 Å². The smallest absolute Gasteiger partial charge is 0.410 e. The van der Waals surface area contributed by atoms with Crippen LogP contribution in [-0.4, -0.2) is 73.0 Å². The van der Waals surface area contributed by atoms with Gasteiger partial charge in [0, 0.05) is 72.8 Å². The first-order chi connectivity index (χ1) is 22.6. The molecular weight excluding hydrogens is 659 g/mol. The molecule has 244 valence electrons. The van der Waals surface area contributed by atoms with Gasteiger partial charge in [0.25, 0.3) is 5.91 Å². The van der Waals surface area contributed by atoms with Gasteiger partial charge in [-0.2, -0.15) is 5.10 Å². The molecule has 1 N–H and O–H groups in total. The lowest BCUT2D eigenvalue weighted by Crippen LogP contribution is -2.50. The highest BCUT2D eigenvalue weighted by Crippen LogP contribution is 2.40. The van der Waals surface area contributed by atoms with Crippen molar-refractivity contribution in [2.75, 3.05) is 36.4 Å². The number of hydrogen-bond donors (Lipinski definition) is 1. The van der Waals surface area contributed by atoms with Crippen LogP contribution < -0.4 is 10.2 Å². The predicted molar refractivity (Wildman–Crippen MR) is 185 cm³/mol. The van der Waals surface area contributed by atoms with Crippen molar-refractivity contribution in [2.45, 2.75) is 51.8 Å². The number of aromatic nitrogens is 5. The molecule has 0 radical (unpaired) electrons. The first-order valence-corrected chi connectivity index (χ1v) is 17.1. The monoisotopic (exact) mass is 692 g/mol. The zero-order chi connectivity index (χ0) is 32.9. The first-order valence-electron chi connectivity index (χ1n) is 15.5. The van der Waals surface area contributed by atoms with Gasteiger partial charge in [0.05, 0.1) is 22.1 Å². The number of anilines is 2. The molecule has 5 aromatic rings. The molecule has 2 aromatic carbocycles. The van der Waals surface area contributed by atoms with Gasteiger partial charge < -0.3 is 19.1 Å². The van der Waals surface area contributed by atoms with Crippen molar-refractivity contribution in [2.24, 2.45) is 0 Å². The Labute approximate surface area is 286 Å². The summed E-state index contributed by atoms with van der Waals surface area (Å²) >= 11 is 15.2. The van der Waals surface area contributed by atoms with Gasteiger partial charge >= 0.3 is 6.09 Å². The minimum atomic E-state index is -0.841. The average molecular weight is 694 g/mol. The molecule has 7 rings (SSSR count). The summed E-state index contributed by atoms with van der Waals surface area (Å²) < 4.78 is 9.23. The Hall–Kier alpha value is -4.13. The zero-order valence-electron chi connectivity index (χ0n) is 26.2. The molecule has 2 aliphatic heterocycles. The summed E-state index contributed by atoms with van der Waals surface area (Å²) in [7, 11) is 0. The van der Waals surface area contributed by atoms with E-state index < -0.39 is 11.6 Å². The number of nitrogens with one attached hydrogen (secondary N) is 1. The average Bonchev–Trinajstić information content (AvgIpc) is 3.85. The zero-order valence-corrected chi connectivity index (χ0v) is 28.6. The Morgan fingerprint density at radius 1 is 1.04 bits per heavy atom. The third-order valence-corrected chi connectivity index (χ3v) is 9.79. The van der Waals surface area contributed by atoms with Crippen LogP contribution in [0.25, 0.3) is 22.0 Å². The third kappa shape index (κ3) is 6.29.